The molecule has 1 aromatic rings. The summed E-state index contributed by atoms with van der Waals surface area (Å²) in [7, 11) is 0. The van der Waals surface area contributed by atoms with Gasteiger partial charge in [0.05, 0.1) is 12.5 Å². The van der Waals surface area contributed by atoms with Crippen LogP contribution < -0.4 is 4.90 Å². The van der Waals surface area contributed by atoms with Crippen molar-refractivity contribution < 1.29 is 24.6 Å². The van der Waals surface area contributed by atoms with Gasteiger partial charge in [0.15, 0.2) is 0 Å². The number of nitrogens with zero attached hydrogens (tertiary/aromatic N) is 3. The van der Waals surface area contributed by atoms with Crippen molar-refractivity contribution in [1.82, 2.24) is 9.80 Å². The fraction of sp³-hybridized carbons (Fsp3) is 0.550. The van der Waals surface area contributed by atoms with Crippen LogP contribution in [-0.2, 0) is 14.4 Å². The van der Waals surface area contributed by atoms with Crippen LogP contribution in [0.15, 0.2) is 24.3 Å². The highest BCUT2D eigenvalue weighted by atomic mass is 16.4. The molecule has 2 saturated heterocycles. The van der Waals surface area contributed by atoms with E-state index in [4.69, 9.17) is 5.11 Å². The molecule has 2 aliphatic rings. The molecule has 8 nitrogen and oxygen atoms in total. The first-order valence-electron chi connectivity index (χ1n) is 9.80. The highest BCUT2D eigenvalue weighted by molar-refractivity contribution is 6.05. The van der Waals surface area contributed by atoms with Gasteiger partial charge in [-0.05, 0) is 37.1 Å². The predicted octanol–water partition coefficient (Wildman–Crippen LogP) is 1.29. The summed E-state index contributed by atoms with van der Waals surface area (Å²) in [5, 5.41) is 18.1. The van der Waals surface area contributed by atoms with Crippen LogP contribution in [0.3, 0.4) is 0 Å². The molecule has 0 radical (unpaired) electrons. The van der Waals surface area contributed by atoms with Crippen molar-refractivity contribution in [3.05, 3.63) is 24.3 Å². The number of aromatic hydroxyl groups is 1. The van der Waals surface area contributed by atoms with Crippen molar-refractivity contribution in [2.45, 2.75) is 38.1 Å². The van der Waals surface area contributed by atoms with Gasteiger partial charge in [-0.3, -0.25) is 24.2 Å². The summed E-state index contributed by atoms with van der Waals surface area (Å²) in [5.74, 6) is -0.837. The normalized spacial score (nSPS) is 20.8. The van der Waals surface area contributed by atoms with Crippen LogP contribution in [0.5, 0.6) is 5.75 Å². The van der Waals surface area contributed by atoms with Crippen LogP contribution in [0.4, 0.5) is 5.69 Å². The van der Waals surface area contributed by atoms with E-state index in [-0.39, 0.29) is 36.4 Å². The predicted molar refractivity (Wildman–Crippen MR) is 103 cm³/mol. The second kappa shape index (κ2) is 9.05. The molecule has 1 unspecified atom stereocenters. The molecule has 0 bridgehead atoms. The Labute approximate surface area is 164 Å². The van der Waals surface area contributed by atoms with Gasteiger partial charge in [0.1, 0.15) is 5.75 Å². The second-order valence-electron chi connectivity index (χ2n) is 7.35. The molecule has 0 saturated carbocycles. The smallest absolute Gasteiger partial charge is 0.303 e. The standard InChI is InChI=1S/C20H27N3O5/c24-16-7-5-15(6-8-16)21-10-12-22(13-11-21)17-14-18(25)23(20(17)28)9-3-1-2-4-19(26)27/h5-8,17,24H,1-4,9-14H2,(H,26,27). The number of likely N-dealkylation sites (tertiary alicyclic amines) is 1. The molecule has 1 atom stereocenters. The minimum Gasteiger partial charge on any atom is -0.508 e. The summed E-state index contributed by atoms with van der Waals surface area (Å²) >= 11 is 0. The molecule has 0 aliphatic carbocycles. The van der Waals surface area contributed by atoms with Crippen LogP contribution >= 0.6 is 0 Å². The lowest BCUT2D eigenvalue weighted by Crippen LogP contribution is -2.52. The molecule has 1 aromatic carbocycles. The number of phenolic OH excluding ortho intramolecular Hbond substituents is 1. The van der Waals surface area contributed by atoms with Gasteiger partial charge in [-0.1, -0.05) is 6.42 Å². The Hall–Kier alpha value is -2.61. The molecule has 2 aliphatic heterocycles. The van der Waals surface area contributed by atoms with E-state index < -0.39 is 5.97 Å². The van der Waals surface area contributed by atoms with E-state index in [0.717, 1.165) is 18.8 Å². The molecule has 2 fully saturated rings. The van der Waals surface area contributed by atoms with Crippen LogP contribution in [0.1, 0.15) is 32.1 Å². The molecule has 0 aromatic heterocycles. The Balaban J connectivity index is 1.47. The Morgan fingerprint density at radius 3 is 2.32 bits per heavy atom. The Morgan fingerprint density at radius 2 is 1.68 bits per heavy atom. The number of imide groups is 1. The average molecular weight is 389 g/mol. The number of amides is 2. The van der Waals surface area contributed by atoms with Crippen LogP contribution in [0.2, 0.25) is 0 Å². The zero-order valence-electron chi connectivity index (χ0n) is 15.9. The Bertz CT molecular complexity index is 713. The third-order valence-corrected chi connectivity index (χ3v) is 5.46. The first kappa shape index (κ1) is 20.1. The second-order valence-corrected chi connectivity index (χ2v) is 7.35. The van der Waals surface area contributed by atoms with Gasteiger partial charge in [-0.15, -0.1) is 0 Å². The highest BCUT2D eigenvalue weighted by Gasteiger charge is 2.42. The summed E-state index contributed by atoms with van der Waals surface area (Å²) in [4.78, 5) is 41.1. The number of anilines is 1. The van der Waals surface area contributed by atoms with Crippen molar-refractivity contribution in [3.63, 3.8) is 0 Å². The minimum atomic E-state index is -0.820. The maximum absolute atomic E-state index is 12.7. The molecule has 152 valence electrons. The zero-order chi connectivity index (χ0) is 20.1. The van der Waals surface area contributed by atoms with Crippen molar-refractivity contribution in [2.75, 3.05) is 37.6 Å². The summed E-state index contributed by atoms with van der Waals surface area (Å²) in [6.45, 7) is 3.31. The molecular formula is C20H27N3O5. The Kier molecular flexibility index (Phi) is 6.51. The van der Waals surface area contributed by atoms with Crippen molar-refractivity contribution in [2.24, 2.45) is 0 Å². The van der Waals surface area contributed by atoms with Crippen molar-refractivity contribution in [1.29, 1.82) is 0 Å². The quantitative estimate of drug-likeness (QED) is 0.510. The van der Waals surface area contributed by atoms with Crippen LogP contribution in [0, 0.1) is 0 Å². The number of unbranched alkanes of at least 4 members (excludes halogenated alkanes) is 2. The molecule has 2 heterocycles. The van der Waals surface area contributed by atoms with Gasteiger partial charge in [-0.2, -0.15) is 0 Å². The first-order valence-corrected chi connectivity index (χ1v) is 9.80. The van der Waals surface area contributed by atoms with E-state index in [0.29, 0.717) is 38.9 Å². The van der Waals surface area contributed by atoms with Gasteiger partial charge < -0.3 is 15.1 Å². The number of rotatable bonds is 8. The summed E-state index contributed by atoms with van der Waals surface area (Å²) < 4.78 is 0. The fourth-order valence-electron chi connectivity index (χ4n) is 3.86. The maximum Gasteiger partial charge on any atom is 0.303 e. The zero-order valence-corrected chi connectivity index (χ0v) is 15.9. The number of benzene rings is 1. The third kappa shape index (κ3) is 4.81. The van der Waals surface area contributed by atoms with E-state index in [2.05, 4.69) is 9.80 Å². The van der Waals surface area contributed by atoms with E-state index in [9.17, 15) is 19.5 Å². The topological polar surface area (TPSA) is 101 Å². The van der Waals surface area contributed by atoms with Crippen LogP contribution in [0.25, 0.3) is 0 Å². The van der Waals surface area contributed by atoms with Crippen LogP contribution in [-0.4, -0.2) is 76.6 Å². The van der Waals surface area contributed by atoms with Gasteiger partial charge in [0, 0.05) is 44.8 Å². The lowest BCUT2D eigenvalue weighted by atomic mass is 10.1. The molecule has 0 spiro atoms. The number of hydrogen-bond donors (Lipinski definition) is 2. The summed E-state index contributed by atoms with van der Waals surface area (Å²) in [6, 6.07) is 6.70. The largest absolute Gasteiger partial charge is 0.508 e. The van der Waals surface area contributed by atoms with Gasteiger partial charge >= 0.3 is 5.97 Å². The number of phenols is 1. The van der Waals surface area contributed by atoms with Gasteiger partial charge in [0.25, 0.3) is 0 Å². The van der Waals surface area contributed by atoms with Gasteiger partial charge in [0.2, 0.25) is 11.8 Å². The molecule has 2 N–H and O–H groups in total. The molecule has 28 heavy (non-hydrogen) atoms. The molecule has 3 rings (SSSR count). The van der Waals surface area contributed by atoms with Crippen molar-refractivity contribution >= 4 is 23.5 Å². The summed E-state index contributed by atoms with van der Waals surface area (Å²) in [6.07, 6.45) is 2.25. The summed E-state index contributed by atoms with van der Waals surface area (Å²) in [5.41, 5.74) is 1.04. The number of piperazine rings is 1. The molecule has 2 amide bonds. The Morgan fingerprint density at radius 1 is 1.00 bits per heavy atom. The number of aliphatic carboxylic acids is 1. The first-order chi connectivity index (χ1) is 13.5. The van der Waals surface area contributed by atoms with E-state index >= 15 is 0 Å². The third-order valence-electron chi connectivity index (χ3n) is 5.46. The lowest BCUT2D eigenvalue weighted by molar-refractivity contribution is -0.140. The fourth-order valence-corrected chi connectivity index (χ4v) is 3.86. The average Bonchev–Trinajstić information content (AvgIpc) is 2.96. The van der Waals surface area contributed by atoms with Crippen molar-refractivity contribution in [3.8, 4) is 5.75 Å². The number of carboxylic acids is 1. The van der Waals surface area contributed by atoms with E-state index in [1.165, 1.54) is 4.90 Å². The minimum absolute atomic E-state index is 0.121. The highest BCUT2D eigenvalue weighted by Crippen LogP contribution is 2.24. The SMILES string of the molecule is O=C(O)CCCCCN1C(=O)CC(N2CCN(c3ccc(O)cc3)CC2)C1=O. The lowest BCUT2D eigenvalue weighted by Gasteiger charge is -2.38. The monoisotopic (exact) mass is 389 g/mol. The van der Waals surface area contributed by atoms with E-state index in [1.54, 1.807) is 12.1 Å². The molecular weight excluding hydrogens is 362 g/mol. The molecule has 8 heteroatoms. The number of hydrogen-bond acceptors (Lipinski definition) is 6. The van der Waals surface area contributed by atoms with E-state index in [1.807, 2.05) is 12.1 Å². The maximum atomic E-state index is 12.7. The van der Waals surface area contributed by atoms with Gasteiger partial charge in [-0.25, -0.2) is 0 Å². The number of carbonyl (C=O) groups excluding carboxylic acids is 2. The number of carbonyl (C=O) groups is 3. The number of carboxylic acid groups (broad SMARTS) is 1.